The van der Waals surface area contributed by atoms with Gasteiger partial charge in [0, 0.05) is 12.8 Å². The Morgan fingerprint density at radius 2 is 0.609 bits per heavy atom. The molecule has 0 bridgehead atoms. The maximum atomic E-state index is 10.4. The van der Waals surface area contributed by atoms with Crippen LogP contribution in [0.1, 0.15) is 155 Å². The number of hydrogen-bond acceptors (Lipinski definition) is 2. The fraction of sp³-hybridized carbons (Fsp3) is 0.571. The Labute approximate surface area is 283 Å². The van der Waals surface area contributed by atoms with E-state index >= 15 is 0 Å². The number of unbranched alkanes of at least 4 members (excludes halogenated alkanes) is 10. The monoisotopic (exact) mass is 637 g/mol. The fourth-order valence-electron chi connectivity index (χ4n) is 4.21. The van der Waals surface area contributed by atoms with Crippen molar-refractivity contribution >= 4 is 11.9 Å². The van der Waals surface area contributed by atoms with Crippen molar-refractivity contribution in [3.8, 4) is 0 Å². The number of carboxylic acids is 2. The summed E-state index contributed by atoms with van der Waals surface area (Å²) in [5.41, 5.74) is 0. The Morgan fingerprint density at radius 3 is 0.913 bits per heavy atom. The van der Waals surface area contributed by atoms with E-state index in [2.05, 4.69) is 111 Å². The third-order valence-corrected chi connectivity index (χ3v) is 6.94. The molecule has 4 heteroatoms. The van der Waals surface area contributed by atoms with Gasteiger partial charge in [-0.05, 0) is 96.3 Å². The molecule has 0 saturated heterocycles. The van der Waals surface area contributed by atoms with Gasteiger partial charge in [0.2, 0.25) is 0 Å². The molecule has 0 radical (unpaired) electrons. The third kappa shape index (κ3) is 47.8. The van der Waals surface area contributed by atoms with Gasteiger partial charge in [-0.1, -0.05) is 143 Å². The highest BCUT2D eigenvalue weighted by Gasteiger charge is 1.95. The molecule has 0 rings (SSSR count). The van der Waals surface area contributed by atoms with E-state index in [0.717, 1.165) is 77.0 Å². The molecule has 0 unspecified atom stereocenters. The van der Waals surface area contributed by atoms with Crippen LogP contribution in [-0.2, 0) is 9.59 Å². The Hall–Kier alpha value is -3.14. The molecule has 0 fully saturated rings. The van der Waals surface area contributed by atoms with Crippen LogP contribution >= 0.6 is 0 Å². The van der Waals surface area contributed by atoms with Gasteiger partial charge in [0.1, 0.15) is 0 Å². The summed E-state index contributed by atoms with van der Waals surface area (Å²) >= 11 is 0. The van der Waals surface area contributed by atoms with Crippen LogP contribution in [-0.4, -0.2) is 22.2 Å². The number of hydrogen-bond donors (Lipinski definition) is 2. The highest BCUT2D eigenvalue weighted by Crippen LogP contribution is 2.05. The fourth-order valence-corrected chi connectivity index (χ4v) is 4.21. The maximum absolute atomic E-state index is 10.4. The number of aliphatic carboxylic acids is 2. The molecule has 0 aromatic carbocycles. The van der Waals surface area contributed by atoms with E-state index in [0.29, 0.717) is 6.42 Å². The summed E-state index contributed by atoms with van der Waals surface area (Å²) in [7, 11) is 0. The van der Waals surface area contributed by atoms with Gasteiger partial charge in [0.05, 0.1) is 0 Å². The van der Waals surface area contributed by atoms with Gasteiger partial charge in [-0.2, -0.15) is 0 Å². The van der Waals surface area contributed by atoms with Gasteiger partial charge in [0.15, 0.2) is 0 Å². The number of allylic oxidation sites excluding steroid dienone is 16. The summed E-state index contributed by atoms with van der Waals surface area (Å²) in [6.45, 7) is 4.47. The van der Waals surface area contributed by atoms with Crippen LogP contribution in [0.15, 0.2) is 97.2 Å². The zero-order valence-corrected chi connectivity index (χ0v) is 29.5. The Bertz CT molecular complexity index is 899. The SMILES string of the molecule is CCCCCC=CCC=CCC=CCC=CCCCC(=O)O.CCCCCC=CCC=CCC=CCC=CCCCCCC(=O)O. The molecule has 0 aliphatic rings. The molecule has 0 aromatic rings. The van der Waals surface area contributed by atoms with Crippen molar-refractivity contribution < 1.29 is 19.8 Å². The lowest BCUT2D eigenvalue weighted by Crippen LogP contribution is -1.93. The summed E-state index contributed by atoms with van der Waals surface area (Å²) in [5, 5.41) is 17.0. The lowest BCUT2D eigenvalue weighted by Gasteiger charge is -1.94. The lowest BCUT2D eigenvalue weighted by atomic mass is 10.1. The molecule has 0 saturated carbocycles. The van der Waals surface area contributed by atoms with Crippen LogP contribution in [0, 0.1) is 0 Å². The normalized spacial score (nSPS) is 12.4. The van der Waals surface area contributed by atoms with Crippen LogP contribution in [0.5, 0.6) is 0 Å². The van der Waals surface area contributed by atoms with Crippen molar-refractivity contribution in [1.29, 1.82) is 0 Å². The van der Waals surface area contributed by atoms with Crippen molar-refractivity contribution in [3.05, 3.63) is 97.2 Å². The predicted octanol–water partition coefficient (Wildman–Crippen LogP) is 13.2. The molecule has 0 heterocycles. The first-order chi connectivity index (χ1) is 22.5. The number of rotatable bonds is 30. The first-order valence-electron chi connectivity index (χ1n) is 18.2. The van der Waals surface area contributed by atoms with Crippen LogP contribution in [0.4, 0.5) is 0 Å². The zero-order chi connectivity index (χ0) is 34.0. The molecule has 0 aliphatic heterocycles. The van der Waals surface area contributed by atoms with E-state index in [1.807, 2.05) is 0 Å². The minimum absolute atomic E-state index is 0.262. The summed E-state index contributed by atoms with van der Waals surface area (Å²) in [5.74, 6) is -1.40. The highest BCUT2D eigenvalue weighted by atomic mass is 16.4. The van der Waals surface area contributed by atoms with Crippen LogP contribution in [0.2, 0.25) is 0 Å². The molecule has 0 aromatic heterocycles. The van der Waals surface area contributed by atoms with Gasteiger partial charge < -0.3 is 10.2 Å². The Kier molecular flexibility index (Phi) is 40.9. The molecule has 46 heavy (non-hydrogen) atoms. The Balaban J connectivity index is 0. The van der Waals surface area contributed by atoms with Gasteiger partial charge in [-0.15, -0.1) is 0 Å². The summed E-state index contributed by atoms with van der Waals surface area (Å²) in [6.07, 6.45) is 57.6. The second-order valence-corrected chi connectivity index (χ2v) is 11.5. The minimum atomic E-state index is -0.712. The quantitative estimate of drug-likeness (QED) is 0.0607. The van der Waals surface area contributed by atoms with Crippen molar-refractivity contribution in [2.24, 2.45) is 0 Å². The summed E-state index contributed by atoms with van der Waals surface area (Å²) in [6, 6.07) is 0. The minimum Gasteiger partial charge on any atom is -0.481 e. The van der Waals surface area contributed by atoms with Crippen molar-refractivity contribution in [3.63, 3.8) is 0 Å². The molecular formula is C42H68O4. The predicted molar refractivity (Wildman–Crippen MR) is 201 cm³/mol. The lowest BCUT2D eigenvalue weighted by molar-refractivity contribution is -0.138. The van der Waals surface area contributed by atoms with Crippen molar-refractivity contribution in [1.82, 2.24) is 0 Å². The summed E-state index contributed by atoms with van der Waals surface area (Å²) < 4.78 is 0. The van der Waals surface area contributed by atoms with Gasteiger partial charge in [0.25, 0.3) is 0 Å². The van der Waals surface area contributed by atoms with E-state index in [-0.39, 0.29) is 6.42 Å². The topological polar surface area (TPSA) is 74.6 Å². The Morgan fingerprint density at radius 1 is 0.348 bits per heavy atom. The first kappa shape index (κ1) is 45.0. The van der Waals surface area contributed by atoms with Gasteiger partial charge in [-0.25, -0.2) is 0 Å². The largest absolute Gasteiger partial charge is 0.481 e. The number of carboxylic acid groups (broad SMARTS) is 2. The summed E-state index contributed by atoms with van der Waals surface area (Å²) in [4.78, 5) is 20.7. The highest BCUT2D eigenvalue weighted by molar-refractivity contribution is 5.66. The molecule has 0 spiro atoms. The van der Waals surface area contributed by atoms with E-state index in [9.17, 15) is 9.59 Å². The van der Waals surface area contributed by atoms with Gasteiger partial charge in [-0.3, -0.25) is 9.59 Å². The zero-order valence-electron chi connectivity index (χ0n) is 29.5. The second-order valence-electron chi connectivity index (χ2n) is 11.5. The molecule has 2 N–H and O–H groups in total. The smallest absolute Gasteiger partial charge is 0.303 e. The van der Waals surface area contributed by atoms with Crippen LogP contribution in [0.3, 0.4) is 0 Å². The molecular weight excluding hydrogens is 568 g/mol. The van der Waals surface area contributed by atoms with E-state index < -0.39 is 11.9 Å². The first-order valence-corrected chi connectivity index (χ1v) is 18.2. The van der Waals surface area contributed by atoms with E-state index in [4.69, 9.17) is 10.2 Å². The second kappa shape index (κ2) is 41.9. The third-order valence-electron chi connectivity index (χ3n) is 6.94. The molecule has 0 aliphatic carbocycles. The molecule has 0 atom stereocenters. The van der Waals surface area contributed by atoms with Gasteiger partial charge >= 0.3 is 11.9 Å². The van der Waals surface area contributed by atoms with Crippen LogP contribution in [0.25, 0.3) is 0 Å². The molecule has 260 valence electrons. The average molecular weight is 637 g/mol. The van der Waals surface area contributed by atoms with Crippen molar-refractivity contribution in [2.75, 3.05) is 0 Å². The van der Waals surface area contributed by atoms with Crippen LogP contribution < -0.4 is 0 Å². The number of carbonyl (C=O) groups is 2. The van der Waals surface area contributed by atoms with E-state index in [1.165, 1.54) is 51.4 Å². The van der Waals surface area contributed by atoms with E-state index in [1.54, 1.807) is 0 Å². The average Bonchev–Trinajstić information content (AvgIpc) is 3.03. The molecule has 0 amide bonds. The standard InChI is InChI=1S/C22H36O2.C20H32O2/c1-2-3-4-5-6-7-8-9-10-11-12-13-14-15-16-17-18-19-20-21-22(23)24;1-2-3-4-5-6-7-8-9-10-11-12-13-14-15-16-17-18-19-20(21)22/h6-7,9-10,12-13,15-16H,2-5,8,11,14,17-21H2,1H3,(H,23,24);6-7,9-10,12-13,15-16H,2-5,8,11,14,17-19H2,1H3,(H,21,22). The van der Waals surface area contributed by atoms with Crippen molar-refractivity contribution in [2.45, 2.75) is 155 Å². The molecule has 4 nitrogen and oxygen atoms in total. The maximum Gasteiger partial charge on any atom is 0.303 e.